The zero-order valence-electron chi connectivity index (χ0n) is 16.2. The number of halogens is 6. The number of H-pyrrole nitrogens is 1. The first-order chi connectivity index (χ1) is 15.0. The molecule has 1 amide bonds. The Bertz CT molecular complexity index is 1140. The van der Waals surface area contributed by atoms with Crippen LogP contribution < -0.4 is 4.74 Å². The average Bonchev–Trinajstić information content (AvgIpc) is 3.23. The molecular formula is C21H15F6N3O2. The van der Waals surface area contributed by atoms with E-state index in [1.54, 1.807) is 18.2 Å². The van der Waals surface area contributed by atoms with Gasteiger partial charge in [0.05, 0.1) is 11.8 Å². The van der Waals surface area contributed by atoms with E-state index in [2.05, 4.69) is 4.98 Å². The first-order valence-corrected chi connectivity index (χ1v) is 9.39. The molecule has 0 aliphatic carbocycles. The predicted molar refractivity (Wildman–Crippen MR) is 100.0 cm³/mol. The number of imidazole rings is 1. The summed E-state index contributed by atoms with van der Waals surface area (Å²) in [5.41, 5.74) is 0.640. The number of carbonyl (C=O) groups is 1. The topological polar surface area (TPSA) is 58.2 Å². The first-order valence-electron chi connectivity index (χ1n) is 9.39. The highest BCUT2D eigenvalue weighted by molar-refractivity contribution is 5.92. The van der Waals surface area contributed by atoms with E-state index in [4.69, 9.17) is 4.74 Å². The van der Waals surface area contributed by atoms with Crippen LogP contribution in [0.4, 0.5) is 26.3 Å². The van der Waals surface area contributed by atoms with Gasteiger partial charge in [-0.25, -0.2) is 4.98 Å². The fourth-order valence-electron chi connectivity index (χ4n) is 3.36. The van der Waals surface area contributed by atoms with E-state index in [1.807, 2.05) is 4.98 Å². The molecular weight excluding hydrogens is 440 g/mol. The predicted octanol–water partition coefficient (Wildman–Crippen LogP) is 5.44. The molecule has 0 bridgehead atoms. The minimum absolute atomic E-state index is 0.190. The molecule has 3 aromatic rings. The molecule has 1 N–H and O–H groups in total. The lowest BCUT2D eigenvalue weighted by Gasteiger charge is -2.28. The third kappa shape index (κ3) is 4.56. The quantitative estimate of drug-likeness (QED) is 0.536. The van der Waals surface area contributed by atoms with Gasteiger partial charge in [-0.05, 0) is 53.9 Å². The van der Waals surface area contributed by atoms with Gasteiger partial charge < -0.3 is 14.6 Å². The summed E-state index contributed by atoms with van der Waals surface area (Å²) < 4.78 is 81.7. The molecule has 11 heteroatoms. The van der Waals surface area contributed by atoms with Gasteiger partial charge in [0.2, 0.25) is 5.82 Å². The lowest BCUT2D eigenvalue weighted by atomic mass is 9.99. The van der Waals surface area contributed by atoms with Crippen LogP contribution in [0.2, 0.25) is 0 Å². The Morgan fingerprint density at radius 3 is 2.25 bits per heavy atom. The summed E-state index contributed by atoms with van der Waals surface area (Å²) in [7, 11) is 0. The molecule has 0 saturated carbocycles. The average molecular weight is 455 g/mol. The second-order valence-electron chi connectivity index (χ2n) is 7.17. The number of rotatable bonds is 3. The molecule has 0 spiro atoms. The van der Waals surface area contributed by atoms with Gasteiger partial charge in [-0.2, -0.15) is 26.3 Å². The molecule has 1 aliphatic heterocycles. The normalized spacial score (nSPS) is 14.2. The van der Waals surface area contributed by atoms with Gasteiger partial charge in [0.15, 0.2) is 0 Å². The van der Waals surface area contributed by atoms with Crippen LogP contribution in [-0.4, -0.2) is 27.3 Å². The maximum absolute atomic E-state index is 12.7. The van der Waals surface area contributed by atoms with Crippen molar-refractivity contribution in [3.63, 3.8) is 0 Å². The minimum Gasteiger partial charge on any atom is -0.457 e. The monoisotopic (exact) mass is 455 g/mol. The van der Waals surface area contributed by atoms with Gasteiger partial charge in [-0.3, -0.25) is 4.79 Å². The Hall–Kier alpha value is -3.50. The molecule has 168 valence electrons. The van der Waals surface area contributed by atoms with Crippen LogP contribution in [0, 0.1) is 0 Å². The third-order valence-corrected chi connectivity index (χ3v) is 4.97. The molecule has 0 atom stereocenters. The number of alkyl halides is 6. The summed E-state index contributed by atoms with van der Waals surface area (Å²) in [6.07, 6.45) is -7.80. The number of aromatic amines is 1. The van der Waals surface area contributed by atoms with Crippen molar-refractivity contribution in [3.8, 4) is 11.5 Å². The second kappa shape index (κ2) is 7.88. The highest BCUT2D eigenvalue weighted by Crippen LogP contribution is 2.32. The standard InChI is InChI=1S/C21H15F6N3O2/c22-20(23,24)14-2-5-15(6-3-14)32-16-4-1-13-11-30(8-7-12(13)9-16)18(31)17-10-28-19(29-17)21(25,26)27/h1-6,9-10H,7-8,11H2,(H,28,29). The minimum atomic E-state index is -4.67. The van der Waals surface area contributed by atoms with Crippen LogP contribution >= 0.6 is 0 Å². The fraction of sp³-hybridized carbons (Fsp3) is 0.238. The number of amides is 1. The Kier molecular flexibility index (Phi) is 5.35. The van der Waals surface area contributed by atoms with E-state index >= 15 is 0 Å². The molecule has 0 unspecified atom stereocenters. The van der Waals surface area contributed by atoms with Crippen LogP contribution in [0.15, 0.2) is 48.7 Å². The summed E-state index contributed by atoms with van der Waals surface area (Å²) in [6.45, 7) is 0.463. The van der Waals surface area contributed by atoms with Crippen molar-refractivity contribution in [1.82, 2.24) is 14.9 Å². The van der Waals surface area contributed by atoms with Crippen molar-refractivity contribution in [2.45, 2.75) is 25.3 Å². The SMILES string of the molecule is O=C(c1cnc(C(F)(F)F)[nH]1)N1CCc2cc(Oc3ccc(C(F)(F)F)cc3)ccc2C1. The van der Waals surface area contributed by atoms with E-state index in [-0.39, 0.29) is 24.5 Å². The smallest absolute Gasteiger partial charge is 0.449 e. The van der Waals surface area contributed by atoms with Crippen molar-refractivity contribution in [2.75, 3.05) is 6.54 Å². The molecule has 4 rings (SSSR count). The molecule has 32 heavy (non-hydrogen) atoms. The van der Waals surface area contributed by atoms with E-state index in [1.165, 1.54) is 17.0 Å². The number of nitrogens with one attached hydrogen (secondary N) is 1. The number of aromatic nitrogens is 2. The van der Waals surface area contributed by atoms with Crippen LogP contribution in [0.1, 0.15) is 33.0 Å². The summed E-state index contributed by atoms with van der Waals surface area (Å²) in [6, 6.07) is 9.36. The molecule has 2 aromatic carbocycles. The number of hydrogen-bond acceptors (Lipinski definition) is 3. The van der Waals surface area contributed by atoms with Crippen molar-refractivity contribution in [3.05, 3.63) is 76.9 Å². The van der Waals surface area contributed by atoms with Crippen molar-refractivity contribution in [1.29, 1.82) is 0 Å². The number of nitrogens with zero attached hydrogens (tertiary/aromatic N) is 2. The summed E-state index contributed by atoms with van der Waals surface area (Å²) >= 11 is 0. The molecule has 2 heterocycles. The summed E-state index contributed by atoms with van der Waals surface area (Å²) in [4.78, 5) is 19.2. The lowest BCUT2D eigenvalue weighted by Crippen LogP contribution is -2.36. The van der Waals surface area contributed by atoms with Gasteiger partial charge in [0.1, 0.15) is 17.2 Å². The number of ether oxygens (including phenoxy) is 1. The molecule has 0 radical (unpaired) electrons. The zero-order valence-corrected chi connectivity index (χ0v) is 16.2. The number of fused-ring (bicyclic) bond motifs is 1. The van der Waals surface area contributed by atoms with Gasteiger partial charge in [0.25, 0.3) is 5.91 Å². The summed E-state index contributed by atoms with van der Waals surface area (Å²) in [5, 5.41) is 0. The highest BCUT2D eigenvalue weighted by Gasteiger charge is 2.35. The molecule has 0 fully saturated rings. The molecule has 0 saturated heterocycles. The van der Waals surface area contributed by atoms with Crippen molar-refractivity contribution in [2.24, 2.45) is 0 Å². The van der Waals surface area contributed by atoms with E-state index < -0.39 is 29.6 Å². The zero-order chi connectivity index (χ0) is 23.1. The molecule has 5 nitrogen and oxygen atoms in total. The highest BCUT2D eigenvalue weighted by atomic mass is 19.4. The van der Waals surface area contributed by atoms with Crippen molar-refractivity contribution < 1.29 is 35.9 Å². The van der Waals surface area contributed by atoms with Gasteiger partial charge in [0, 0.05) is 13.1 Å². The van der Waals surface area contributed by atoms with Crippen LogP contribution in [0.25, 0.3) is 0 Å². The Balaban J connectivity index is 1.44. The van der Waals surface area contributed by atoms with Gasteiger partial charge in [-0.15, -0.1) is 0 Å². The first kappa shape index (κ1) is 21.7. The van der Waals surface area contributed by atoms with Crippen LogP contribution in [0.5, 0.6) is 11.5 Å². The lowest BCUT2D eigenvalue weighted by molar-refractivity contribution is -0.144. The Morgan fingerprint density at radius 1 is 0.938 bits per heavy atom. The van der Waals surface area contributed by atoms with Crippen LogP contribution in [0.3, 0.4) is 0 Å². The van der Waals surface area contributed by atoms with E-state index in [0.29, 0.717) is 12.2 Å². The van der Waals surface area contributed by atoms with Gasteiger partial charge in [-0.1, -0.05) is 6.07 Å². The second-order valence-corrected chi connectivity index (χ2v) is 7.17. The third-order valence-electron chi connectivity index (χ3n) is 4.97. The number of benzene rings is 2. The van der Waals surface area contributed by atoms with E-state index in [9.17, 15) is 31.1 Å². The van der Waals surface area contributed by atoms with Crippen LogP contribution in [-0.2, 0) is 25.3 Å². The number of hydrogen-bond donors (Lipinski definition) is 1. The largest absolute Gasteiger partial charge is 0.457 e. The molecule has 1 aromatic heterocycles. The maximum Gasteiger partial charge on any atom is 0.449 e. The van der Waals surface area contributed by atoms with E-state index in [0.717, 1.165) is 29.5 Å². The van der Waals surface area contributed by atoms with Crippen molar-refractivity contribution >= 4 is 5.91 Å². The maximum atomic E-state index is 12.7. The Morgan fingerprint density at radius 2 is 1.62 bits per heavy atom. The molecule has 1 aliphatic rings. The summed E-state index contributed by atoms with van der Waals surface area (Å²) in [5.74, 6) is -1.16. The fourth-order valence-corrected chi connectivity index (χ4v) is 3.36. The Labute approximate surface area is 177 Å². The number of carbonyl (C=O) groups excluding carboxylic acids is 1. The van der Waals surface area contributed by atoms with Gasteiger partial charge >= 0.3 is 12.4 Å².